The van der Waals surface area contributed by atoms with Crippen molar-refractivity contribution in [1.82, 2.24) is 10.2 Å². The van der Waals surface area contributed by atoms with E-state index in [1.165, 1.54) is 0 Å². The molecule has 0 radical (unpaired) electrons. The lowest BCUT2D eigenvalue weighted by Gasteiger charge is -2.21. The van der Waals surface area contributed by atoms with Gasteiger partial charge in [-0.05, 0) is 55.7 Å². The maximum absolute atomic E-state index is 12.3. The summed E-state index contributed by atoms with van der Waals surface area (Å²) in [6.07, 6.45) is 0.867. The number of nitrogens with one attached hydrogen (secondary N) is 1. The van der Waals surface area contributed by atoms with Crippen molar-refractivity contribution in [1.29, 1.82) is 0 Å². The molecule has 2 aromatic carbocycles. The first-order valence-corrected chi connectivity index (χ1v) is 10.2. The molecule has 1 N–H and O–H groups in total. The largest absolute Gasteiger partial charge is 0.493 e. The second-order valence-electron chi connectivity index (χ2n) is 7.52. The summed E-state index contributed by atoms with van der Waals surface area (Å²) in [6, 6.07) is 11.1. The lowest BCUT2D eigenvalue weighted by Crippen LogP contribution is -2.32. The molecule has 7 nitrogen and oxygen atoms in total. The Balaban J connectivity index is 1.91. The minimum Gasteiger partial charge on any atom is -0.493 e. The van der Waals surface area contributed by atoms with Gasteiger partial charge < -0.3 is 24.4 Å². The molecular weight excluding hydrogens is 396 g/mol. The van der Waals surface area contributed by atoms with Gasteiger partial charge in [0.25, 0.3) is 5.91 Å². The van der Waals surface area contributed by atoms with Crippen molar-refractivity contribution in [3.8, 4) is 17.2 Å². The molecule has 0 fully saturated rings. The van der Waals surface area contributed by atoms with Crippen LogP contribution in [0.2, 0.25) is 0 Å². The van der Waals surface area contributed by atoms with Gasteiger partial charge in [0.15, 0.2) is 11.5 Å². The molecule has 0 aliphatic heterocycles. The highest BCUT2D eigenvalue weighted by Gasteiger charge is 2.15. The maximum Gasteiger partial charge on any atom is 0.253 e. The molecule has 0 saturated carbocycles. The van der Waals surface area contributed by atoms with Gasteiger partial charge in [-0.1, -0.05) is 12.1 Å². The normalized spacial score (nSPS) is 10.5. The van der Waals surface area contributed by atoms with Crippen molar-refractivity contribution < 1.29 is 23.8 Å². The summed E-state index contributed by atoms with van der Waals surface area (Å²) >= 11 is 0. The van der Waals surface area contributed by atoms with E-state index in [1.54, 1.807) is 45.4 Å². The predicted octanol–water partition coefficient (Wildman–Crippen LogP) is 3.44. The molecule has 0 aromatic heterocycles. The Labute approximate surface area is 184 Å². The summed E-state index contributed by atoms with van der Waals surface area (Å²) in [5.41, 5.74) is 2.49. The van der Waals surface area contributed by atoms with Crippen molar-refractivity contribution in [3.63, 3.8) is 0 Å². The van der Waals surface area contributed by atoms with Crippen molar-refractivity contribution in [2.45, 2.75) is 39.3 Å². The molecule has 0 aliphatic rings. The van der Waals surface area contributed by atoms with E-state index < -0.39 is 0 Å². The number of aryl methyl sites for hydroxylation is 1. The van der Waals surface area contributed by atoms with E-state index in [1.807, 2.05) is 38.1 Å². The molecule has 168 valence electrons. The highest BCUT2D eigenvalue weighted by Crippen LogP contribution is 2.38. The molecule has 0 heterocycles. The molecule has 2 aromatic rings. The third kappa shape index (κ3) is 6.38. The number of hydrogen-bond donors (Lipinski definition) is 1. The number of benzene rings is 2. The van der Waals surface area contributed by atoms with Crippen LogP contribution in [-0.4, -0.2) is 51.1 Å². The maximum atomic E-state index is 12.3. The molecule has 31 heavy (non-hydrogen) atoms. The fourth-order valence-electron chi connectivity index (χ4n) is 3.03. The van der Waals surface area contributed by atoms with Crippen LogP contribution < -0.4 is 19.5 Å². The van der Waals surface area contributed by atoms with Crippen LogP contribution in [0.25, 0.3) is 0 Å². The number of methoxy groups -OCH3 is 3. The molecule has 7 heteroatoms. The monoisotopic (exact) mass is 428 g/mol. The van der Waals surface area contributed by atoms with Gasteiger partial charge in [0.05, 0.1) is 21.3 Å². The highest BCUT2D eigenvalue weighted by molar-refractivity contribution is 5.94. The highest BCUT2D eigenvalue weighted by atomic mass is 16.5. The summed E-state index contributed by atoms with van der Waals surface area (Å²) < 4.78 is 16.0. The average Bonchev–Trinajstić information content (AvgIpc) is 2.79. The van der Waals surface area contributed by atoms with Crippen molar-refractivity contribution in [2.24, 2.45) is 0 Å². The minimum atomic E-state index is -0.0616. The van der Waals surface area contributed by atoms with Gasteiger partial charge in [-0.25, -0.2) is 0 Å². The van der Waals surface area contributed by atoms with Crippen LogP contribution in [-0.2, 0) is 17.8 Å². The van der Waals surface area contributed by atoms with Crippen molar-refractivity contribution in [3.05, 3.63) is 53.1 Å². The van der Waals surface area contributed by atoms with Crippen LogP contribution in [0.15, 0.2) is 36.4 Å². The second-order valence-corrected chi connectivity index (χ2v) is 7.52. The smallest absolute Gasteiger partial charge is 0.253 e. The standard InChI is InChI=1S/C24H32N2O5/c1-16(2)26(3)24(28)19-10-7-17(8-11-19)15-25-22(27)12-9-18-13-20(29-4)23(31-6)21(14-18)30-5/h7-8,10-11,13-14,16H,9,12,15H2,1-6H3,(H,25,27). The first-order chi connectivity index (χ1) is 14.8. The van der Waals surface area contributed by atoms with Crippen molar-refractivity contribution in [2.75, 3.05) is 28.4 Å². The Morgan fingerprint density at radius 2 is 1.52 bits per heavy atom. The first-order valence-electron chi connectivity index (χ1n) is 10.2. The Kier molecular flexibility index (Phi) is 8.73. The average molecular weight is 429 g/mol. The minimum absolute atomic E-state index is 0.0177. The van der Waals surface area contributed by atoms with E-state index >= 15 is 0 Å². The fraction of sp³-hybridized carbons (Fsp3) is 0.417. The first kappa shape index (κ1) is 24.1. The molecule has 0 spiro atoms. The van der Waals surface area contributed by atoms with Crippen LogP contribution in [0.4, 0.5) is 0 Å². The summed E-state index contributed by atoms with van der Waals surface area (Å²) in [4.78, 5) is 26.3. The molecule has 0 unspecified atom stereocenters. The third-order valence-corrected chi connectivity index (χ3v) is 5.15. The van der Waals surface area contributed by atoms with Gasteiger partial charge in [0, 0.05) is 31.6 Å². The van der Waals surface area contributed by atoms with E-state index in [4.69, 9.17) is 14.2 Å². The van der Waals surface area contributed by atoms with Crippen molar-refractivity contribution >= 4 is 11.8 Å². The molecule has 0 atom stereocenters. The number of rotatable bonds is 10. The zero-order valence-corrected chi connectivity index (χ0v) is 19.2. The van der Waals surface area contributed by atoms with Gasteiger partial charge in [-0.15, -0.1) is 0 Å². The molecular formula is C24H32N2O5. The molecule has 2 amide bonds. The number of nitrogens with zero attached hydrogens (tertiary/aromatic N) is 1. The second kappa shape index (κ2) is 11.2. The number of amides is 2. The summed E-state index contributed by atoms with van der Waals surface area (Å²) in [5, 5.41) is 2.92. The quantitative estimate of drug-likeness (QED) is 0.627. The topological polar surface area (TPSA) is 77.1 Å². The molecule has 2 rings (SSSR count). The number of carbonyl (C=O) groups is 2. The van der Waals surface area contributed by atoms with E-state index in [0.717, 1.165) is 11.1 Å². The van der Waals surface area contributed by atoms with Gasteiger partial charge in [0.2, 0.25) is 11.7 Å². The number of ether oxygens (including phenoxy) is 3. The SMILES string of the molecule is COc1cc(CCC(=O)NCc2ccc(C(=O)N(C)C(C)C)cc2)cc(OC)c1OC. The van der Waals surface area contributed by atoms with E-state index in [0.29, 0.717) is 42.2 Å². The number of carbonyl (C=O) groups excluding carboxylic acids is 2. The molecule has 0 aliphatic carbocycles. The van der Waals surface area contributed by atoms with Crippen LogP contribution in [0.1, 0.15) is 41.8 Å². The van der Waals surface area contributed by atoms with Gasteiger partial charge in [-0.2, -0.15) is 0 Å². The zero-order valence-electron chi connectivity index (χ0n) is 19.2. The fourth-order valence-corrected chi connectivity index (χ4v) is 3.03. The number of hydrogen-bond acceptors (Lipinski definition) is 5. The Hall–Kier alpha value is -3.22. The molecule has 0 saturated heterocycles. The van der Waals surface area contributed by atoms with Gasteiger partial charge >= 0.3 is 0 Å². The lowest BCUT2D eigenvalue weighted by atomic mass is 10.1. The van der Waals surface area contributed by atoms with Gasteiger partial charge in [0.1, 0.15) is 0 Å². The van der Waals surface area contributed by atoms with Gasteiger partial charge in [-0.3, -0.25) is 9.59 Å². The Morgan fingerprint density at radius 1 is 0.935 bits per heavy atom. The van der Waals surface area contributed by atoms with Crippen LogP contribution >= 0.6 is 0 Å². The van der Waals surface area contributed by atoms with Crippen LogP contribution in [0, 0.1) is 0 Å². The third-order valence-electron chi connectivity index (χ3n) is 5.15. The summed E-state index contributed by atoms with van der Waals surface area (Å²) in [6.45, 7) is 4.35. The zero-order chi connectivity index (χ0) is 23.0. The van der Waals surface area contributed by atoms with E-state index in [-0.39, 0.29) is 17.9 Å². The van der Waals surface area contributed by atoms with Crippen LogP contribution in [0.5, 0.6) is 17.2 Å². The van der Waals surface area contributed by atoms with Crippen LogP contribution in [0.3, 0.4) is 0 Å². The summed E-state index contributed by atoms with van der Waals surface area (Å²) in [7, 11) is 6.47. The predicted molar refractivity (Wildman–Crippen MR) is 120 cm³/mol. The molecule has 0 bridgehead atoms. The van der Waals surface area contributed by atoms with E-state index in [2.05, 4.69) is 5.32 Å². The summed E-state index contributed by atoms with van der Waals surface area (Å²) in [5.74, 6) is 1.58. The lowest BCUT2D eigenvalue weighted by molar-refractivity contribution is -0.121. The Morgan fingerprint density at radius 3 is 2.00 bits per heavy atom. The Bertz CT molecular complexity index is 868. The van der Waals surface area contributed by atoms with E-state index in [9.17, 15) is 9.59 Å².